The molecule has 5 nitrogen and oxygen atoms in total. The van der Waals surface area contributed by atoms with Crippen LogP contribution in [0.1, 0.15) is 11.1 Å². The van der Waals surface area contributed by atoms with E-state index in [0.717, 1.165) is 22.1 Å². The Morgan fingerprint density at radius 3 is 2.44 bits per heavy atom. The van der Waals surface area contributed by atoms with Gasteiger partial charge in [-0.25, -0.2) is 8.42 Å². The predicted octanol–water partition coefficient (Wildman–Crippen LogP) is 3.15. The zero-order valence-electron chi connectivity index (χ0n) is 15.1. The molecule has 0 spiro atoms. The average Bonchev–Trinajstić information content (AvgIpc) is 2.62. The van der Waals surface area contributed by atoms with Gasteiger partial charge in [-0.05, 0) is 17.2 Å². The van der Waals surface area contributed by atoms with Crippen molar-refractivity contribution in [3.05, 3.63) is 70.7 Å². The van der Waals surface area contributed by atoms with Crippen molar-refractivity contribution in [3.63, 3.8) is 0 Å². The highest BCUT2D eigenvalue weighted by Crippen LogP contribution is 2.18. The SMILES string of the molecule is CS(=O)(=O)N(CC(=O)NCCSCc1ccccc1)Cc1ccccc1Cl. The van der Waals surface area contributed by atoms with Crippen LogP contribution in [0.2, 0.25) is 5.02 Å². The Morgan fingerprint density at radius 2 is 1.78 bits per heavy atom. The molecule has 0 bridgehead atoms. The maximum absolute atomic E-state index is 12.1. The first-order chi connectivity index (χ1) is 12.9. The highest BCUT2D eigenvalue weighted by Gasteiger charge is 2.21. The smallest absolute Gasteiger partial charge is 0.235 e. The summed E-state index contributed by atoms with van der Waals surface area (Å²) in [6.45, 7) is 0.322. The Bertz CT molecular complexity index is 845. The van der Waals surface area contributed by atoms with Gasteiger partial charge in [0.25, 0.3) is 0 Å². The first-order valence-electron chi connectivity index (χ1n) is 8.43. The number of nitrogens with zero attached hydrogens (tertiary/aromatic N) is 1. The summed E-state index contributed by atoms with van der Waals surface area (Å²) < 4.78 is 25.2. The summed E-state index contributed by atoms with van der Waals surface area (Å²) in [6, 6.07) is 17.1. The van der Waals surface area contributed by atoms with Gasteiger partial charge in [-0.1, -0.05) is 60.1 Å². The number of thioether (sulfide) groups is 1. The van der Waals surface area contributed by atoms with Gasteiger partial charge in [0.1, 0.15) is 0 Å². The number of halogens is 1. The minimum atomic E-state index is -3.54. The molecule has 0 aliphatic rings. The molecule has 1 amide bonds. The molecule has 2 aromatic rings. The Labute approximate surface area is 170 Å². The van der Waals surface area contributed by atoms with Crippen molar-refractivity contribution in [1.82, 2.24) is 9.62 Å². The minimum absolute atomic E-state index is 0.0642. The van der Waals surface area contributed by atoms with Crippen LogP contribution in [0.25, 0.3) is 0 Å². The van der Waals surface area contributed by atoms with Gasteiger partial charge in [0.05, 0.1) is 12.8 Å². The molecule has 27 heavy (non-hydrogen) atoms. The molecule has 1 N–H and O–H groups in total. The van der Waals surface area contributed by atoms with Crippen LogP contribution >= 0.6 is 23.4 Å². The van der Waals surface area contributed by atoms with E-state index in [-0.39, 0.29) is 19.0 Å². The molecule has 0 atom stereocenters. The number of amides is 1. The molecule has 0 aromatic heterocycles. The molecular formula is C19H23ClN2O3S2. The van der Waals surface area contributed by atoms with Crippen molar-refractivity contribution >= 4 is 39.3 Å². The van der Waals surface area contributed by atoms with E-state index < -0.39 is 10.0 Å². The summed E-state index contributed by atoms with van der Waals surface area (Å²) in [4.78, 5) is 12.1. The Kier molecular flexibility index (Phi) is 8.63. The van der Waals surface area contributed by atoms with E-state index in [0.29, 0.717) is 17.1 Å². The topological polar surface area (TPSA) is 66.5 Å². The number of rotatable bonds is 10. The van der Waals surface area contributed by atoms with Gasteiger partial charge in [0.2, 0.25) is 15.9 Å². The van der Waals surface area contributed by atoms with Crippen LogP contribution in [0.15, 0.2) is 54.6 Å². The fraction of sp³-hybridized carbons (Fsp3) is 0.316. The number of benzene rings is 2. The predicted molar refractivity (Wildman–Crippen MR) is 112 cm³/mol. The van der Waals surface area contributed by atoms with Crippen molar-refractivity contribution in [2.75, 3.05) is 25.1 Å². The second kappa shape index (κ2) is 10.7. The van der Waals surface area contributed by atoms with E-state index >= 15 is 0 Å². The van der Waals surface area contributed by atoms with Crippen LogP contribution in [0.5, 0.6) is 0 Å². The molecule has 146 valence electrons. The lowest BCUT2D eigenvalue weighted by atomic mass is 10.2. The molecule has 8 heteroatoms. The van der Waals surface area contributed by atoms with E-state index in [2.05, 4.69) is 17.4 Å². The monoisotopic (exact) mass is 426 g/mol. The van der Waals surface area contributed by atoms with Gasteiger partial charge in [-0.15, -0.1) is 0 Å². The van der Waals surface area contributed by atoms with Crippen LogP contribution in [-0.2, 0) is 27.1 Å². The number of carbonyl (C=O) groups is 1. The lowest BCUT2D eigenvalue weighted by Gasteiger charge is -2.20. The zero-order chi connectivity index (χ0) is 19.7. The van der Waals surface area contributed by atoms with Crippen LogP contribution < -0.4 is 5.32 Å². The first-order valence-corrected chi connectivity index (χ1v) is 11.8. The molecule has 0 unspecified atom stereocenters. The number of sulfonamides is 1. The van der Waals surface area contributed by atoms with Gasteiger partial charge < -0.3 is 5.32 Å². The Hall–Kier alpha value is -1.54. The Balaban J connectivity index is 1.79. The lowest BCUT2D eigenvalue weighted by molar-refractivity contribution is -0.121. The number of hydrogen-bond acceptors (Lipinski definition) is 4. The summed E-state index contributed by atoms with van der Waals surface area (Å²) in [5, 5.41) is 3.25. The molecule has 2 rings (SSSR count). The van der Waals surface area contributed by atoms with Gasteiger partial charge in [0.15, 0.2) is 0 Å². The third-order valence-electron chi connectivity index (χ3n) is 3.77. The summed E-state index contributed by atoms with van der Waals surface area (Å²) in [6.07, 6.45) is 1.09. The molecule has 0 radical (unpaired) electrons. The summed E-state index contributed by atoms with van der Waals surface area (Å²) in [5.74, 6) is 1.30. The van der Waals surface area contributed by atoms with Crippen molar-refractivity contribution in [2.24, 2.45) is 0 Å². The summed E-state index contributed by atoms with van der Waals surface area (Å²) >= 11 is 7.81. The highest BCUT2D eigenvalue weighted by molar-refractivity contribution is 7.98. The van der Waals surface area contributed by atoms with Gasteiger partial charge >= 0.3 is 0 Å². The molecule has 0 fully saturated rings. The van der Waals surface area contributed by atoms with Gasteiger partial charge in [0, 0.05) is 29.6 Å². The number of hydrogen-bond donors (Lipinski definition) is 1. The van der Waals surface area contributed by atoms with Crippen molar-refractivity contribution < 1.29 is 13.2 Å². The minimum Gasteiger partial charge on any atom is -0.354 e. The molecule has 0 aliphatic carbocycles. The van der Waals surface area contributed by atoms with Crippen molar-refractivity contribution in [2.45, 2.75) is 12.3 Å². The van der Waals surface area contributed by atoms with Gasteiger partial charge in [-0.2, -0.15) is 16.1 Å². The van der Waals surface area contributed by atoms with E-state index in [4.69, 9.17) is 11.6 Å². The standard InChI is InChI=1S/C19H23ClN2O3S2/c1-27(24,25)22(13-17-9-5-6-10-18(17)20)14-19(23)21-11-12-26-15-16-7-3-2-4-8-16/h2-10H,11-15H2,1H3,(H,21,23). The number of carbonyl (C=O) groups excluding carboxylic acids is 1. The second-order valence-electron chi connectivity index (χ2n) is 6.01. The number of nitrogens with one attached hydrogen (secondary N) is 1. The quantitative estimate of drug-likeness (QED) is 0.592. The van der Waals surface area contributed by atoms with Crippen LogP contribution in [0.3, 0.4) is 0 Å². The zero-order valence-corrected chi connectivity index (χ0v) is 17.5. The fourth-order valence-electron chi connectivity index (χ4n) is 2.35. The average molecular weight is 427 g/mol. The molecule has 0 saturated heterocycles. The van der Waals surface area contributed by atoms with Crippen LogP contribution in [0, 0.1) is 0 Å². The lowest BCUT2D eigenvalue weighted by Crippen LogP contribution is -2.40. The molecule has 0 saturated carbocycles. The van der Waals surface area contributed by atoms with Crippen LogP contribution in [-0.4, -0.2) is 43.7 Å². The summed E-state index contributed by atoms with van der Waals surface area (Å²) in [7, 11) is -3.54. The molecule has 2 aromatic carbocycles. The van der Waals surface area contributed by atoms with Gasteiger partial charge in [-0.3, -0.25) is 4.79 Å². The third-order valence-corrected chi connectivity index (χ3v) is 6.37. The first kappa shape index (κ1) is 21.8. The van der Waals surface area contributed by atoms with E-state index in [9.17, 15) is 13.2 Å². The Morgan fingerprint density at radius 1 is 1.11 bits per heavy atom. The second-order valence-corrected chi connectivity index (χ2v) is 9.51. The highest BCUT2D eigenvalue weighted by atomic mass is 35.5. The van der Waals surface area contributed by atoms with Crippen LogP contribution in [0.4, 0.5) is 0 Å². The molecule has 0 aliphatic heterocycles. The largest absolute Gasteiger partial charge is 0.354 e. The molecule has 0 heterocycles. The normalized spacial score (nSPS) is 11.5. The molecular weight excluding hydrogens is 404 g/mol. The van der Waals surface area contributed by atoms with E-state index in [1.165, 1.54) is 5.56 Å². The summed E-state index contributed by atoms with van der Waals surface area (Å²) in [5.41, 5.74) is 1.90. The maximum atomic E-state index is 12.1. The van der Waals surface area contributed by atoms with Crippen molar-refractivity contribution in [1.29, 1.82) is 0 Å². The maximum Gasteiger partial charge on any atom is 0.235 e. The fourth-order valence-corrected chi connectivity index (χ4v) is 4.09. The van der Waals surface area contributed by atoms with E-state index in [1.54, 1.807) is 36.0 Å². The third kappa shape index (κ3) is 7.92. The van der Waals surface area contributed by atoms with Crippen molar-refractivity contribution in [3.8, 4) is 0 Å². The van der Waals surface area contributed by atoms with E-state index in [1.807, 2.05) is 18.2 Å².